The molecule has 1 unspecified atom stereocenters. The predicted octanol–water partition coefficient (Wildman–Crippen LogP) is 2.25. The summed E-state index contributed by atoms with van der Waals surface area (Å²) in [6.07, 6.45) is -0.107. The highest BCUT2D eigenvalue weighted by Crippen LogP contribution is 2.36. The lowest BCUT2D eigenvalue weighted by Gasteiger charge is -2.20. The van der Waals surface area contributed by atoms with Crippen LogP contribution in [-0.2, 0) is 15.0 Å². The maximum atomic E-state index is 13.6. The van der Waals surface area contributed by atoms with E-state index in [4.69, 9.17) is 4.74 Å². The second kappa shape index (κ2) is 5.88. The summed E-state index contributed by atoms with van der Waals surface area (Å²) in [5.41, 5.74) is 0.196. The third-order valence-electron chi connectivity index (χ3n) is 3.15. The maximum absolute atomic E-state index is 13.6. The predicted molar refractivity (Wildman–Crippen MR) is 76.0 cm³/mol. The number of carbonyl (C=O) groups is 1. The highest BCUT2D eigenvalue weighted by atomic mass is 79.9. The van der Waals surface area contributed by atoms with Crippen molar-refractivity contribution in [1.82, 2.24) is 0 Å². The van der Waals surface area contributed by atoms with Crippen molar-refractivity contribution in [3.8, 4) is 5.75 Å². The summed E-state index contributed by atoms with van der Waals surface area (Å²) in [6.45, 7) is -0.000580. The quantitative estimate of drug-likeness (QED) is 0.748. The summed E-state index contributed by atoms with van der Waals surface area (Å²) >= 11 is 3.01. The molecule has 1 saturated heterocycles. The Kier molecular flexibility index (Phi) is 4.52. The summed E-state index contributed by atoms with van der Waals surface area (Å²) in [7, 11) is -3.29. The minimum Gasteiger partial charge on any atom is -0.495 e. The zero-order valence-electron chi connectivity index (χ0n) is 11.0. The van der Waals surface area contributed by atoms with Crippen LogP contribution in [0.3, 0.4) is 0 Å². The Morgan fingerprint density at radius 2 is 2.14 bits per heavy atom. The van der Waals surface area contributed by atoms with E-state index in [2.05, 4.69) is 15.9 Å². The van der Waals surface area contributed by atoms with Gasteiger partial charge < -0.3 is 9.64 Å². The first-order valence-electron chi connectivity index (χ1n) is 5.97. The number of amides is 1. The molecule has 0 spiro atoms. The van der Waals surface area contributed by atoms with Crippen LogP contribution in [0.1, 0.15) is 6.42 Å². The van der Waals surface area contributed by atoms with Crippen molar-refractivity contribution in [2.75, 3.05) is 24.3 Å². The third kappa shape index (κ3) is 3.70. The van der Waals surface area contributed by atoms with Gasteiger partial charge in [0.25, 0.3) is 0 Å². The van der Waals surface area contributed by atoms with Gasteiger partial charge in [-0.2, -0.15) is 8.42 Å². The number of anilines is 1. The molecule has 21 heavy (non-hydrogen) atoms. The summed E-state index contributed by atoms with van der Waals surface area (Å²) in [4.78, 5) is 13.2. The molecule has 0 aromatic heterocycles. The normalized spacial score (nSPS) is 19.1. The molecular formula is C12H12BrF2NO4S. The van der Waals surface area contributed by atoms with Crippen molar-refractivity contribution >= 4 is 37.7 Å². The Morgan fingerprint density at radius 1 is 1.48 bits per heavy atom. The number of hydrogen-bond acceptors (Lipinski definition) is 4. The number of carbonyl (C=O) groups excluding carboxylic acids is 1. The molecule has 1 atom stereocenters. The molecule has 0 aliphatic carbocycles. The number of halogens is 3. The Labute approximate surface area is 129 Å². The van der Waals surface area contributed by atoms with Crippen molar-refractivity contribution in [2.24, 2.45) is 5.92 Å². The van der Waals surface area contributed by atoms with Gasteiger partial charge in [-0.3, -0.25) is 4.79 Å². The number of nitrogens with zero attached hydrogens (tertiary/aromatic N) is 1. The Balaban J connectivity index is 2.31. The molecule has 9 heteroatoms. The summed E-state index contributed by atoms with van der Waals surface area (Å²) in [6, 6.07) is 2.49. The first-order valence-corrected chi connectivity index (χ1v) is 8.31. The van der Waals surface area contributed by atoms with Gasteiger partial charge in [0.05, 0.1) is 23.0 Å². The Bertz CT molecular complexity index is 680. The van der Waals surface area contributed by atoms with Gasteiger partial charge in [0.2, 0.25) is 5.91 Å². The van der Waals surface area contributed by atoms with Crippen molar-refractivity contribution in [3.63, 3.8) is 0 Å². The lowest BCUT2D eigenvalue weighted by molar-refractivity contribution is -0.117. The van der Waals surface area contributed by atoms with Crippen molar-refractivity contribution in [3.05, 3.63) is 22.4 Å². The topological polar surface area (TPSA) is 63.7 Å². The zero-order chi connectivity index (χ0) is 15.8. The van der Waals surface area contributed by atoms with Crippen molar-refractivity contribution < 1.29 is 26.2 Å². The molecule has 116 valence electrons. The second-order valence-electron chi connectivity index (χ2n) is 4.72. The zero-order valence-corrected chi connectivity index (χ0v) is 13.4. The first kappa shape index (κ1) is 16.2. The van der Waals surface area contributed by atoms with Crippen LogP contribution in [0, 0.1) is 11.7 Å². The highest BCUT2D eigenvalue weighted by Gasteiger charge is 2.35. The first-order chi connectivity index (χ1) is 9.71. The number of hydrogen-bond donors (Lipinski definition) is 0. The molecule has 0 saturated carbocycles. The Morgan fingerprint density at radius 3 is 2.71 bits per heavy atom. The van der Waals surface area contributed by atoms with Gasteiger partial charge in [-0.15, -0.1) is 3.89 Å². The average Bonchev–Trinajstić information content (AvgIpc) is 2.70. The lowest BCUT2D eigenvalue weighted by Crippen LogP contribution is -2.26. The minimum atomic E-state index is -4.66. The van der Waals surface area contributed by atoms with E-state index < -0.39 is 33.6 Å². The fourth-order valence-corrected chi connectivity index (χ4v) is 3.41. The van der Waals surface area contributed by atoms with Crippen molar-refractivity contribution in [2.45, 2.75) is 6.42 Å². The van der Waals surface area contributed by atoms with E-state index in [9.17, 15) is 21.5 Å². The SMILES string of the molecule is COc1cc(Br)c(F)cc1N1CC(CS(=O)(=O)F)CC1=O. The van der Waals surface area contributed by atoms with Gasteiger partial charge in [0.1, 0.15) is 11.6 Å². The Hall–Kier alpha value is -1.22. The minimum absolute atomic E-state index is 0.000580. The summed E-state index contributed by atoms with van der Waals surface area (Å²) < 4.78 is 53.0. The average molecular weight is 384 g/mol. The van der Waals surface area contributed by atoms with Crippen LogP contribution in [-0.4, -0.2) is 33.7 Å². The van der Waals surface area contributed by atoms with Crippen LogP contribution in [0.5, 0.6) is 5.75 Å². The van der Waals surface area contributed by atoms with Crippen LogP contribution in [0.2, 0.25) is 0 Å². The van der Waals surface area contributed by atoms with E-state index in [1.54, 1.807) is 0 Å². The molecule has 0 bridgehead atoms. The van der Waals surface area contributed by atoms with Crippen LogP contribution in [0.15, 0.2) is 16.6 Å². The molecule has 1 fully saturated rings. The highest BCUT2D eigenvalue weighted by molar-refractivity contribution is 9.10. The van der Waals surface area contributed by atoms with Crippen LogP contribution in [0.25, 0.3) is 0 Å². The van der Waals surface area contributed by atoms with E-state index in [0.29, 0.717) is 0 Å². The van der Waals surface area contributed by atoms with Gasteiger partial charge in [-0.05, 0) is 22.0 Å². The van der Waals surface area contributed by atoms with E-state index in [-0.39, 0.29) is 28.9 Å². The number of rotatable bonds is 4. The maximum Gasteiger partial charge on any atom is 0.302 e. The fraction of sp³-hybridized carbons (Fsp3) is 0.417. The van der Waals surface area contributed by atoms with E-state index in [0.717, 1.165) is 6.07 Å². The number of ether oxygens (including phenoxy) is 1. The van der Waals surface area contributed by atoms with Crippen LogP contribution in [0.4, 0.5) is 14.0 Å². The van der Waals surface area contributed by atoms with Gasteiger partial charge in [0, 0.05) is 24.9 Å². The van der Waals surface area contributed by atoms with E-state index in [1.165, 1.54) is 18.1 Å². The van der Waals surface area contributed by atoms with Crippen LogP contribution >= 0.6 is 15.9 Å². The molecule has 1 aromatic carbocycles. The second-order valence-corrected chi connectivity index (χ2v) is 6.98. The van der Waals surface area contributed by atoms with Crippen LogP contribution < -0.4 is 9.64 Å². The molecule has 1 aliphatic heterocycles. The molecular weight excluding hydrogens is 372 g/mol. The molecule has 1 amide bonds. The molecule has 5 nitrogen and oxygen atoms in total. The largest absolute Gasteiger partial charge is 0.495 e. The van der Waals surface area contributed by atoms with Gasteiger partial charge in [-0.25, -0.2) is 4.39 Å². The van der Waals surface area contributed by atoms with E-state index in [1.807, 2.05) is 0 Å². The standard InChI is InChI=1S/C12H12BrF2NO4S/c1-20-11-3-8(13)9(14)4-10(11)16-5-7(2-12(16)17)6-21(15,18)19/h3-4,7H,2,5-6H2,1H3. The summed E-state index contributed by atoms with van der Waals surface area (Å²) in [5.74, 6) is -2.11. The molecule has 1 heterocycles. The smallest absolute Gasteiger partial charge is 0.302 e. The fourth-order valence-electron chi connectivity index (χ4n) is 2.30. The lowest BCUT2D eigenvalue weighted by atomic mass is 10.1. The number of benzene rings is 1. The molecule has 1 aliphatic rings. The molecule has 0 N–H and O–H groups in total. The monoisotopic (exact) mass is 383 g/mol. The molecule has 0 radical (unpaired) electrons. The third-order valence-corrected chi connectivity index (χ3v) is 4.63. The van der Waals surface area contributed by atoms with Gasteiger partial charge in [-0.1, -0.05) is 0 Å². The number of methoxy groups -OCH3 is 1. The molecule has 2 rings (SSSR count). The summed E-state index contributed by atoms with van der Waals surface area (Å²) in [5, 5.41) is 0. The van der Waals surface area contributed by atoms with Gasteiger partial charge in [0.15, 0.2) is 0 Å². The molecule has 1 aromatic rings. The van der Waals surface area contributed by atoms with Crippen molar-refractivity contribution in [1.29, 1.82) is 0 Å². The van der Waals surface area contributed by atoms with Gasteiger partial charge >= 0.3 is 10.2 Å². The van der Waals surface area contributed by atoms with E-state index >= 15 is 0 Å².